The van der Waals surface area contributed by atoms with Crippen LogP contribution in [-0.2, 0) is 4.79 Å². The van der Waals surface area contributed by atoms with Crippen molar-refractivity contribution in [2.75, 3.05) is 0 Å². The van der Waals surface area contributed by atoms with E-state index < -0.39 is 17.0 Å². The fourth-order valence-electron chi connectivity index (χ4n) is 2.18. The van der Waals surface area contributed by atoms with Crippen LogP contribution >= 0.6 is 22.6 Å². The Kier molecular flexibility index (Phi) is 5.18. The number of carboxylic acids is 1. The number of carbonyl (C=O) groups excluding carboxylic acids is 1. The number of ether oxygens (including phenoxy) is 1. The second-order valence-electron chi connectivity index (χ2n) is 6.03. The molecule has 0 heterocycles. The SMILES string of the molecule is CC(C)(CC(C)(C)C(=O)I)Oc1cccc(C(=O)O)c1. The van der Waals surface area contributed by atoms with Gasteiger partial charge in [0.2, 0.25) is 0 Å². The molecule has 0 saturated heterocycles. The van der Waals surface area contributed by atoms with Crippen molar-refractivity contribution in [3.05, 3.63) is 29.8 Å². The van der Waals surface area contributed by atoms with Crippen molar-refractivity contribution in [2.24, 2.45) is 5.41 Å². The molecule has 1 N–H and O–H groups in total. The van der Waals surface area contributed by atoms with Gasteiger partial charge in [-0.05, 0) is 38.5 Å². The molecule has 0 spiro atoms. The lowest BCUT2D eigenvalue weighted by Crippen LogP contribution is -2.36. The molecule has 5 heteroatoms. The molecule has 1 rings (SSSR count). The smallest absolute Gasteiger partial charge is 0.335 e. The van der Waals surface area contributed by atoms with Gasteiger partial charge in [0.25, 0.3) is 0 Å². The van der Waals surface area contributed by atoms with Gasteiger partial charge in [-0.1, -0.05) is 19.9 Å². The van der Waals surface area contributed by atoms with Crippen LogP contribution in [0.2, 0.25) is 0 Å². The molecule has 4 nitrogen and oxygen atoms in total. The van der Waals surface area contributed by atoms with Crippen molar-refractivity contribution in [3.63, 3.8) is 0 Å². The zero-order valence-electron chi connectivity index (χ0n) is 12.1. The number of benzene rings is 1. The first kappa shape index (κ1) is 16.9. The van der Waals surface area contributed by atoms with Gasteiger partial charge in [-0.15, -0.1) is 0 Å². The van der Waals surface area contributed by atoms with E-state index in [1.54, 1.807) is 34.7 Å². The first-order valence-corrected chi connectivity index (χ1v) is 7.34. The fourth-order valence-corrected chi connectivity index (χ4v) is 2.37. The molecule has 0 radical (unpaired) electrons. The van der Waals surface area contributed by atoms with E-state index in [1.165, 1.54) is 12.1 Å². The molecular weight excluding hydrogens is 371 g/mol. The van der Waals surface area contributed by atoms with Crippen LogP contribution < -0.4 is 4.74 Å². The number of aromatic carboxylic acids is 1. The molecule has 0 amide bonds. The van der Waals surface area contributed by atoms with Crippen molar-refractivity contribution in [1.29, 1.82) is 0 Å². The number of carbonyl (C=O) groups is 2. The van der Waals surface area contributed by atoms with E-state index in [9.17, 15) is 9.59 Å². The Morgan fingerprint density at radius 2 is 1.85 bits per heavy atom. The highest BCUT2D eigenvalue weighted by molar-refractivity contribution is 14.1. The maximum atomic E-state index is 11.6. The van der Waals surface area contributed by atoms with Crippen molar-refractivity contribution in [3.8, 4) is 5.75 Å². The molecule has 1 aromatic rings. The van der Waals surface area contributed by atoms with Crippen LogP contribution in [0.3, 0.4) is 0 Å². The Labute approximate surface area is 132 Å². The van der Waals surface area contributed by atoms with Gasteiger partial charge < -0.3 is 9.84 Å². The van der Waals surface area contributed by atoms with E-state index in [4.69, 9.17) is 9.84 Å². The third-order valence-corrected chi connectivity index (χ3v) is 4.34. The molecule has 0 bridgehead atoms. The summed E-state index contributed by atoms with van der Waals surface area (Å²) in [5.74, 6) is -0.498. The largest absolute Gasteiger partial charge is 0.488 e. The van der Waals surface area contributed by atoms with Gasteiger partial charge in [0, 0.05) is 28.0 Å². The number of hydrogen-bond donors (Lipinski definition) is 1. The summed E-state index contributed by atoms with van der Waals surface area (Å²) >= 11 is 1.80. The van der Waals surface area contributed by atoms with Crippen LogP contribution in [0.15, 0.2) is 24.3 Å². The Morgan fingerprint density at radius 1 is 1.25 bits per heavy atom. The van der Waals surface area contributed by atoms with E-state index >= 15 is 0 Å². The van der Waals surface area contributed by atoms with Gasteiger partial charge in [-0.3, -0.25) is 4.79 Å². The lowest BCUT2D eigenvalue weighted by molar-refractivity contribution is -0.118. The van der Waals surface area contributed by atoms with Gasteiger partial charge in [0.15, 0.2) is 3.79 Å². The van der Waals surface area contributed by atoms with E-state index in [0.29, 0.717) is 12.2 Å². The average Bonchev–Trinajstić information content (AvgIpc) is 2.26. The summed E-state index contributed by atoms with van der Waals surface area (Å²) in [5, 5.41) is 8.97. The molecule has 20 heavy (non-hydrogen) atoms. The minimum absolute atomic E-state index is 0.0751. The molecule has 0 aromatic heterocycles. The van der Waals surface area contributed by atoms with Crippen LogP contribution in [0.25, 0.3) is 0 Å². The quantitative estimate of drug-likeness (QED) is 0.591. The summed E-state index contributed by atoms with van der Waals surface area (Å²) in [4.78, 5) is 22.5. The van der Waals surface area contributed by atoms with Crippen LogP contribution in [0.5, 0.6) is 5.75 Å². The summed E-state index contributed by atoms with van der Waals surface area (Å²) in [6.07, 6.45) is 0.541. The number of halogens is 1. The second-order valence-corrected chi connectivity index (χ2v) is 7.01. The number of carboxylic acid groups (broad SMARTS) is 1. The zero-order chi connectivity index (χ0) is 15.6. The van der Waals surface area contributed by atoms with Crippen LogP contribution in [-0.4, -0.2) is 20.5 Å². The third kappa shape index (κ3) is 4.77. The Bertz CT molecular complexity index is 520. The predicted molar refractivity (Wildman–Crippen MR) is 85.5 cm³/mol. The van der Waals surface area contributed by atoms with Gasteiger partial charge in [0.05, 0.1) is 5.56 Å². The van der Waals surface area contributed by atoms with E-state index in [0.717, 1.165) is 0 Å². The molecule has 0 aliphatic heterocycles. The van der Waals surface area contributed by atoms with Gasteiger partial charge in [-0.25, -0.2) is 4.79 Å². The maximum absolute atomic E-state index is 11.6. The van der Waals surface area contributed by atoms with Gasteiger partial charge in [0.1, 0.15) is 11.4 Å². The summed E-state index contributed by atoms with van der Waals surface area (Å²) in [7, 11) is 0. The highest BCUT2D eigenvalue weighted by Crippen LogP contribution is 2.34. The summed E-state index contributed by atoms with van der Waals surface area (Å²) < 4.78 is 5.93. The molecule has 110 valence electrons. The van der Waals surface area contributed by atoms with Crippen LogP contribution in [0, 0.1) is 5.41 Å². The van der Waals surface area contributed by atoms with E-state index in [-0.39, 0.29) is 9.35 Å². The Morgan fingerprint density at radius 3 is 2.35 bits per heavy atom. The van der Waals surface area contributed by atoms with Crippen molar-refractivity contribution < 1.29 is 19.4 Å². The predicted octanol–water partition coefficient (Wildman–Crippen LogP) is 3.92. The lowest BCUT2D eigenvalue weighted by atomic mass is 9.83. The van der Waals surface area contributed by atoms with E-state index in [1.807, 2.05) is 27.7 Å². The third-order valence-electron chi connectivity index (χ3n) is 2.87. The highest BCUT2D eigenvalue weighted by atomic mass is 127. The number of rotatable bonds is 6. The topological polar surface area (TPSA) is 63.6 Å². The van der Waals surface area contributed by atoms with E-state index in [2.05, 4.69) is 0 Å². The van der Waals surface area contributed by atoms with Crippen LogP contribution in [0.4, 0.5) is 0 Å². The molecule has 1 aromatic carbocycles. The van der Waals surface area contributed by atoms with Crippen LogP contribution in [0.1, 0.15) is 44.5 Å². The molecule has 0 saturated carbocycles. The van der Waals surface area contributed by atoms with Crippen molar-refractivity contribution >= 4 is 32.4 Å². The summed E-state index contributed by atoms with van der Waals surface area (Å²) in [6, 6.07) is 6.36. The monoisotopic (exact) mass is 390 g/mol. The minimum Gasteiger partial charge on any atom is -0.488 e. The Hall–Kier alpha value is -1.11. The summed E-state index contributed by atoms with van der Waals surface area (Å²) in [6.45, 7) is 7.53. The Balaban J connectivity index is 2.88. The first-order valence-electron chi connectivity index (χ1n) is 6.26. The molecule has 0 aliphatic rings. The highest BCUT2D eigenvalue weighted by Gasteiger charge is 2.34. The molecule has 0 unspecified atom stereocenters. The maximum Gasteiger partial charge on any atom is 0.335 e. The summed E-state index contributed by atoms with van der Waals surface area (Å²) in [5.41, 5.74) is -0.877. The normalized spacial score (nSPS) is 12.1. The molecule has 0 atom stereocenters. The van der Waals surface area contributed by atoms with Gasteiger partial charge in [-0.2, -0.15) is 0 Å². The first-order chi connectivity index (χ1) is 9.03. The second kappa shape index (κ2) is 6.11. The van der Waals surface area contributed by atoms with Gasteiger partial charge >= 0.3 is 5.97 Å². The minimum atomic E-state index is -0.990. The molecule has 0 fully saturated rings. The van der Waals surface area contributed by atoms with Crippen molar-refractivity contribution in [2.45, 2.75) is 39.7 Å². The average molecular weight is 390 g/mol. The molecular formula is C15H19IO4. The molecule has 0 aliphatic carbocycles. The lowest BCUT2D eigenvalue weighted by Gasteiger charge is -2.33. The standard InChI is InChI=1S/C15H19IO4/c1-14(2,13(16)19)9-15(3,4)20-11-7-5-6-10(8-11)12(17)18/h5-8H,9H2,1-4H3,(H,17,18). The number of hydrogen-bond acceptors (Lipinski definition) is 3. The van der Waals surface area contributed by atoms with Crippen molar-refractivity contribution in [1.82, 2.24) is 0 Å². The zero-order valence-corrected chi connectivity index (χ0v) is 14.2. The fraction of sp³-hybridized carbons (Fsp3) is 0.467.